The Morgan fingerprint density at radius 3 is 2.58 bits per heavy atom. The van der Waals surface area contributed by atoms with Gasteiger partial charge in [-0.05, 0) is 57.1 Å². The van der Waals surface area contributed by atoms with E-state index in [1.807, 2.05) is 12.1 Å². The van der Waals surface area contributed by atoms with Gasteiger partial charge in [-0.2, -0.15) is 0 Å². The Morgan fingerprint density at radius 2 is 2.00 bits per heavy atom. The van der Waals surface area contributed by atoms with Crippen LogP contribution in [0.15, 0.2) is 24.3 Å². The van der Waals surface area contributed by atoms with Crippen LogP contribution in [0.25, 0.3) is 0 Å². The first-order chi connectivity index (χ1) is 9.15. The second kappa shape index (κ2) is 6.57. The van der Waals surface area contributed by atoms with E-state index in [0.29, 0.717) is 11.8 Å². The fourth-order valence-corrected chi connectivity index (χ4v) is 2.43. The minimum Gasteiger partial charge on any atom is -0.494 e. The lowest BCUT2D eigenvalue weighted by Gasteiger charge is -2.19. The summed E-state index contributed by atoms with van der Waals surface area (Å²) in [5, 5.41) is 0. The van der Waals surface area contributed by atoms with Gasteiger partial charge >= 0.3 is 5.97 Å². The summed E-state index contributed by atoms with van der Waals surface area (Å²) in [5.41, 5.74) is 0. The van der Waals surface area contributed by atoms with Crippen LogP contribution in [0.4, 0.5) is 0 Å². The zero-order chi connectivity index (χ0) is 13.7. The third-order valence-corrected chi connectivity index (χ3v) is 3.48. The maximum Gasteiger partial charge on any atom is 0.308 e. The van der Waals surface area contributed by atoms with Crippen LogP contribution in [0.3, 0.4) is 0 Å². The minimum absolute atomic E-state index is 0.307. The molecule has 1 unspecified atom stereocenters. The molecule has 2 rings (SSSR count). The topological polar surface area (TPSA) is 38.8 Å². The van der Waals surface area contributed by atoms with Crippen LogP contribution in [0.1, 0.15) is 26.2 Å². The van der Waals surface area contributed by atoms with E-state index in [1.54, 1.807) is 12.1 Å². The van der Waals surface area contributed by atoms with Crippen molar-refractivity contribution >= 4 is 5.97 Å². The smallest absolute Gasteiger partial charge is 0.308 e. The summed E-state index contributed by atoms with van der Waals surface area (Å²) in [4.78, 5) is 13.2. The van der Waals surface area contributed by atoms with Gasteiger partial charge in [-0.1, -0.05) is 0 Å². The Hall–Kier alpha value is -1.55. The van der Waals surface area contributed by atoms with E-state index in [2.05, 4.69) is 11.9 Å². The highest BCUT2D eigenvalue weighted by atomic mass is 16.5. The van der Waals surface area contributed by atoms with Gasteiger partial charge in [0.15, 0.2) is 0 Å². The molecule has 0 saturated carbocycles. The number of nitrogens with zero attached hydrogens (tertiary/aromatic N) is 1. The van der Waals surface area contributed by atoms with Gasteiger partial charge in [0.05, 0.1) is 6.61 Å². The number of likely N-dealkylation sites (tertiary alicyclic amines) is 1. The van der Waals surface area contributed by atoms with E-state index in [4.69, 9.17) is 9.47 Å². The summed E-state index contributed by atoms with van der Waals surface area (Å²) in [6, 6.07) is 7.81. The summed E-state index contributed by atoms with van der Waals surface area (Å²) in [6.45, 7) is 3.31. The summed E-state index contributed by atoms with van der Waals surface area (Å²) in [5.74, 6) is 1.06. The largest absolute Gasteiger partial charge is 0.494 e. The summed E-state index contributed by atoms with van der Waals surface area (Å²) >= 11 is 0. The molecule has 0 spiro atoms. The molecule has 104 valence electrons. The number of hydrogen-bond acceptors (Lipinski definition) is 4. The standard InChI is InChI=1S/C15H21NO3/c1-12(17)19-15-7-5-14(6-8-15)18-11-9-13-4-3-10-16(13)2/h5-8,13H,3-4,9-11H2,1-2H3. The quantitative estimate of drug-likeness (QED) is 0.604. The lowest BCUT2D eigenvalue weighted by atomic mass is 10.1. The second-order valence-electron chi connectivity index (χ2n) is 4.98. The van der Waals surface area contributed by atoms with E-state index >= 15 is 0 Å². The first-order valence-electron chi connectivity index (χ1n) is 6.76. The molecule has 1 aromatic carbocycles. The van der Waals surface area contributed by atoms with E-state index < -0.39 is 0 Å². The van der Waals surface area contributed by atoms with Gasteiger partial charge in [-0.25, -0.2) is 0 Å². The van der Waals surface area contributed by atoms with E-state index in [-0.39, 0.29) is 5.97 Å². The molecule has 1 fully saturated rings. The van der Waals surface area contributed by atoms with Gasteiger partial charge in [-0.3, -0.25) is 4.79 Å². The monoisotopic (exact) mass is 263 g/mol. The molecule has 0 aliphatic carbocycles. The normalized spacial score (nSPS) is 19.4. The molecule has 1 atom stereocenters. The molecule has 1 aliphatic rings. The van der Waals surface area contributed by atoms with Gasteiger partial charge in [-0.15, -0.1) is 0 Å². The van der Waals surface area contributed by atoms with E-state index in [1.165, 1.54) is 26.3 Å². The number of carbonyl (C=O) groups is 1. The molecule has 4 nitrogen and oxygen atoms in total. The Kier molecular flexibility index (Phi) is 4.80. The molecular formula is C15H21NO3. The summed E-state index contributed by atoms with van der Waals surface area (Å²) in [6.07, 6.45) is 3.62. The summed E-state index contributed by atoms with van der Waals surface area (Å²) in [7, 11) is 2.17. The Balaban J connectivity index is 1.75. The third-order valence-electron chi connectivity index (χ3n) is 3.48. The van der Waals surface area contributed by atoms with Gasteiger partial charge in [0.25, 0.3) is 0 Å². The van der Waals surface area contributed by atoms with Crippen molar-refractivity contribution in [2.75, 3.05) is 20.2 Å². The van der Waals surface area contributed by atoms with Crippen LogP contribution in [0.2, 0.25) is 0 Å². The van der Waals surface area contributed by atoms with Gasteiger partial charge in [0, 0.05) is 13.0 Å². The van der Waals surface area contributed by atoms with Crippen molar-refractivity contribution in [1.29, 1.82) is 0 Å². The van der Waals surface area contributed by atoms with Gasteiger partial charge < -0.3 is 14.4 Å². The number of carbonyl (C=O) groups excluding carboxylic acids is 1. The molecule has 1 saturated heterocycles. The Morgan fingerprint density at radius 1 is 1.32 bits per heavy atom. The number of ether oxygens (including phenoxy) is 2. The highest BCUT2D eigenvalue weighted by molar-refractivity contribution is 5.69. The zero-order valence-corrected chi connectivity index (χ0v) is 11.6. The maximum absolute atomic E-state index is 10.8. The molecule has 0 aromatic heterocycles. The summed E-state index contributed by atoms with van der Waals surface area (Å²) < 4.78 is 10.7. The number of esters is 1. The van der Waals surface area contributed by atoms with Crippen LogP contribution >= 0.6 is 0 Å². The lowest BCUT2D eigenvalue weighted by Crippen LogP contribution is -2.26. The molecule has 1 heterocycles. The molecule has 4 heteroatoms. The van der Waals surface area contributed by atoms with Crippen molar-refractivity contribution in [3.63, 3.8) is 0 Å². The lowest BCUT2D eigenvalue weighted by molar-refractivity contribution is -0.131. The average Bonchev–Trinajstić information content (AvgIpc) is 2.77. The van der Waals surface area contributed by atoms with Crippen molar-refractivity contribution in [2.24, 2.45) is 0 Å². The number of benzene rings is 1. The number of rotatable bonds is 5. The van der Waals surface area contributed by atoms with Crippen molar-refractivity contribution in [3.05, 3.63) is 24.3 Å². The molecule has 0 radical (unpaired) electrons. The molecular weight excluding hydrogens is 242 g/mol. The SMILES string of the molecule is CC(=O)Oc1ccc(OCCC2CCCN2C)cc1. The van der Waals surface area contributed by atoms with Gasteiger partial charge in [0.2, 0.25) is 0 Å². The molecule has 1 aliphatic heterocycles. The van der Waals surface area contributed by atoms with Crippen LogP contribution < -0.4 is 9.47 Å². The van der Waals surface area contributed by atoms with Gasteiger partial charge in [0.1, 0.15) is 11.5 Å². The molecule has 0 bridgehead atoms. The van der Waals surface area contributed by atoms with Crippen molar-refractivity contribution < 1.29 is 14.3 Å². The van der Waals surface area contributed by atoms with Crippen LogP contribution in [0.5, 0.6) is 11.5 Å². The minimum atomic E-state index is -0.307. The Bertz CT molecular complexity index is 416. The first kappa shape index (κ1) is 13.9. The third kappa shape index (κ3) is 4.24. The Labute approximate surface area is 114 Å². The predicted molar refractivity (Wildman–Crippen MR) is 73.5 cm³/mol. The van der Waals surface area contributed by atoms with Crippen molar-refractivity contribution in [2.45, 2.75) is 32.2 Å². The second-order valence-corrected chi connectivity index (χ2v) is 4.98. The van der Waals surface area contributed by atoms with E-state index in [0.717, 1.165) is 18.8 Å². The van der Waals surface area contributed by atoms with Crippen LogP contribution in [0, 0.1) is 0 Å². The molecule has 0 amide bonds. The highest BCUT2D eigenvalue weighted by Crippen LogP contribution is 2.20. The van der Waals surface area contributed by atoms with Crippen LogP contribution in [-0.4, -0.2) is 37.1 Å². The fraction of sp³-hybridized carbons (Fsp3) is 0.533. The maximum atomic E-state index is 10.8. The average molecular weight is 263 g/mol. The van der Waals surface area contributed by atoms with Crippen molar-refractivity contribution in [1.82, 2.24) is 4.90 Å². The predicted octanol–water partition coefficient (Wildman–Crippen LogP) is 2.48. The first-order valence-corrected chi connectivity index (χ1v) is 6.76. The number of hydrogen-bond donors (Lipinski definition) is 0. The molecule has 0 N–H and O–H groups in total. The van der Waals surface area contributed by atoms with Crippen molar-refractivity contribution in [3.8, 4) is 11.5 Å². The molecule has 19 heavy (non-hydrogen) atoms. The highest BCUT2D eigenvalue weighted by Gasteiger charge is 2.20. The van der Waals surface area contributed by atoms with Crippen LogP contribution in [-0.2, 0) is 4.79 Å². The molecule has 1 aromatic rings. The fourth-order valence-electron chi connectivity index (χ4n) is 2.43. The van der Waals surface area contributed by atoms with E-state index in [9.17, 15) is 4.79 Å². The zero-order valence-electron chi connectivity index (χ0n) is 11.6.